The lowest BCUT2D eigenvalue weighted by Gasteiger charge is -2.40. The van der Waals surface area contributed by atoms with E-state index in [-0.39, 0.29) is 17.7 Å². The molecule has 4 heteroatoms. The highest BCUT2D eigenvalue weighted by Gasteiger charge is 2.26. The highest BCUT2D eigenvalue weighted by molar-refractivity contribution is 5.49. The molecule has 1 aliphatic heterocycles. The Morgan fingerprint density at radius 2 is 2.18 bits per heavy atom. The Morgan fingerprint density at radius 3 is 2.88 bits per heavy atom. The van der Waals surface area contributed by atoms with E-state index < -0.39 is 0 Å². The molecule has 0 amide bonds. The van der Waals surface area contributed by atoms with Crippen LogP contribution in [0, 0.1) is 11.6 Å². The van der Waals surface area contributed by atoms with E-state index in [0.29, 0.717) is 18.3 Å². The molecule has 17 heavy (non-hydrogen) atoms. The maximum atomic E-state index is 13.8. The Hall–Kier alpha value is -1.16. The standard InChI is InChI=1S/C13H18F2N2/c1-3-11-7-16-9(2)8-17(11)13-6-10(14)4-5-12(13)15/h4-6,9,11,16H,3,7-8H2,1-2H3. The molecule has 94 valence electrons. The van der Waals surface area contributed by atoms with E-state index >= 15 is 0 Å². The first-order valence-corrected chi connectivity index (χ1v) is 6.07. The van der Waals surface area contributed by atoms with E-state index in [4.69, 9.17) is 0 Å². The van der Waals surface area contributed by atoms with Gasteiger partial charge in [0.2, 0.25) is 0 Å². The van der Waals surface area contributed by atoms with E-state index in [1.165, 1.54) is 12.1 Å². The first kappa shape index (κ1) is 12.3. The van der Waals surface area contributed by atoms with Crippen molar-refractivity contribution in [2.45, 2.75) is 32.4 Å². The van der Waals surface area contributed by atoms with Crippen LogP contribution in [0.3, 0.4) is 0 Å². The first-order chi connectivity index (χ1) is 8.11. The lowest BCUT2D eigenvalue weighted by molar-refractivity contribution is 0.397. The second-order valence-corrected chi connectivity index (χ2v) is 4.62. The fourth-order valence-corrected chi connectivity index (χ4v) is 2.32. The molecular weight excluding hydrogens is 222 g/mol. The Bertz CT molecular complexity index is 395. The number of rotatable bonds is 2. The average Bonchev–Trinajstić information content (AvgIpc) is 2.32. The lowest BCUT2D eigenvalue weighted by Crippen LogP contribution is -2.55. The summed E-state index contributed by atoms with van der Waals surface area (Å²) >= 11 is 0. The molecule has 1 saturated heterocycles. The summed E-state index contributed by atoms with van der Waals surface area (Å²) in [5.41, 5.74) is 0.380. The molecule has 1 N–H and O–H groups in total. The summed E-state index contributed by atoms with van der Waals surface area (Å²) in [6.07, 6.45) is 0.912. The van der Waals surface area contributed by atoms with Gasteiger partial charge in [0.25, 0.3) is 0 Å². The van der Waals surface area contributed by atoms with Crippen LogP contribution in [0.2, 0.25) is 0 Å². The second kappa shape index (κ2) is 5.00. The average molecular weight is 240 g/mol. The molecule has 1 aliphatic rings. The number of nitrogens with zero attached hydrogens (tertiary/aromatic N) is 1. The fourth-order valence-electron chi connectivity index (χ4n) is 2.32. The molecule has 1 heterocycles. The minimum absolute atomic E-state index is 0.225. The molecule has 0 aromatic heterocycles. The summed E-state index contributed by atoms with van der Waals surface area (Å²) in [5.74, 6) is -0.735. The predicted molar refractivity (Wildman–Crippen MR) is 65.2 cm³/mol. The van der Waals surface area contributed by atoms with Gasteiger partial charge in [-0.1, -0.05) is 6.92 Å². The molecule has 1 aromatic rings. The van der Waals surface area contributed by atoms with Crippen LogP contribution in [-0.2, 0) is 0 Å². The zero-order chi connectivity index (χ0) is 12.4. The highest BCUT2D eigenvalue weighted by Crippen LogP contribution is 2.25. The van der Waals surface area contributed by atoms with Crippen molar-refractivity contribution < 1.29 is 8.78 Å². The van der Waals surface area contributed by atoms with Crippen molar-refractivity contribution in [2.24, 2.45) is 0 Å². The van der Waals surface area contributed by atoms with Crippen molar-refractivity contribution in [1.82, 2.24) is 5.32 Å². The minimum atomic E-state index is -0.387. The second-order valence-electron chi connectivity index (χ2n) is 4.62. The molecule has 2 atom stereocenters. The quantitative estimate of drug-likeness (QED) is 0.854. The number of halogens is 2. The van der Waals surface area contributed by atoms with Crippen LogP contribution >= 0.6 is 0 Å². The monoisotopic (exact) mass is 240 g/mol. The van der Waals surface area contributed by atoms with Crippen molar-refractivity contribution in [3.8, 4) is 0 Å². The number of hydrogen-bond donors (Lipinski definition) is 1. The molecule has 0 spiro atoms. The minimum Gasteiger partial charge on any atom is -0.363 e. The van der Waals surface area contributed by atoms with Crippen molar-refractivity contribution in [3.05, 3.63) is 29.8 Å². The molecule has 0 saturated carbocycles. The van der Waals surface area contributed by atoms with Gasteiger partial charge in [0.05, 0.1) is 5.69 Å². The number of piperazine rings is 1. The van der Waals surface area contributed by atoms with Crippen LogP contribution in [0.5, 0.6) is 0 Å². The van der Waals surface area contributed by atoms with E-state index in [1.54, 1.807) is 0 Å². The van der Waals surface area contributed by atoms with Gasteiger partial charge in [-0.2, -0.15) is 0 Å². The van der Waals surface area contributed by atoms with E-state index in [2.05, 4.69) is 19.2 Å². The number of benzene rings is 1. The smallest absolute Gasteiger partial charge is 0.146 e. The van der Waals surface area contributed by atoms with Crippen molar-refractivity contribution in [2.75, 3.05) is 18.0 Å². The van der Waals surface area contributed by atoms with Crippen molar-refractivity contribution in [3.63, 3.8) is 0 Å². The summed E-state index contributed by atoms with van der Waals surface area (Å²) in [6, 6.07) is 4.16. The summed E-state index contributed by atoms with van der Waals surface area (Å²) in [6.45, 7) is 5.63. The third kappa shape index (κ3) is 2.57. The molecule has 2 unspecified atom stereocenters. The third-order valence-corrected chi connectivity index (χ3v) is 3.30. The Morgan fingerprint density at radius 1 is 1.41 bits per heavy atom. The van der Waals surface area contributed by atoms with Gasteiger partial charge < -0.3 is 10.2 Å². The van der Waals surface area contributed by atoms with Gasteiger partial charge in [-0.15, -0.1) is 0 Å². The van der Waals surface area contributed by atoms with Gasteiger partial charge in [0.15, 0.2) is 0 Å². The van der Waals surface area contributed by atoms with Crippen LogP contribution in [0.25, 0.3) is 0 Å². The molecule has 0 aliphatic carbocycles. The van der Waals surface area contributed by atoms with Crippen LogP contribution in [0.15, 0.2) is 18.2 Å². The summed E-state index contributed by atoms with van der Waals surface area (Å²) < 4.78 is 27.0. The van der Waals surface area contributed by atoms with Crippen LogP contribution in [-0.4, -0.2) is 25.2 Å². The van der Waals surface area contributed by atoms with Crippen LogP contribution in [0.4, 0.5) is 14.5 Å². The van der Waals surface area contributed by atoms with E-state index in [1.807, 2.05) is 4.90 Å². The predicted octanol–water partition coefficient (Wildman–Crippen LogP) is 2.54. The summed E-state index contributed by atoms with van der Waals surface area (Å²) in [4.78, 5) is 1.97. The van der Waals surface area contributed by atoms with Crippen molar-refractivity contribution in [1.29, 1.82) is 0 Å². The molecule has 0 bridgehead atoms. The number of nitrogens with one attached hydrogen (secondary N) is 1. The largest absolute Gasteiger partial charge is 0.363 e. The molecule has 1 aromatic carbocycles. The van der Waals surface area contributed by atoms with E-state index in [9.17, 15) is 8.78 Å². The maximum Gasteiger partial charge on any atom is 0.146 e. The zero-order valence-electron chi connectivity index (χ0n) is 10.2. The van der Waals surface area contributed by atoms with Gasteiger partial charge in [0, 0.05) is 31.2 Å². The zero-order valence-corrected chi connectivity index (χ0v) is 10.2. The highest BCUT2D eigenvalue weighted by atomic mass is 19.1. The first-order valence-electron chi connectivity index (χ1n) is 6.07. The number of anilines is 1. The van der Waals surface area contributed by atoms with Gasteiger partial charge in [0.1, 0.15) is 11.6 Å². The summed E-state index contributed by atoms with van der Waals surface area (Å²) in [5, 5.41) is 3.36. The molecular formula is C13H18F2N2. The molecule has 2 nitrogen and oxygen atoms in total. The topological polar surface area (TPSA) is 15.3 Å². The Balaban J connectivity index is 2.31. The van der Waals surface area contributed by atoms with Gasteiger partial charge in [-0.05, 0) is 25.5 Å². The maximum absolute atomic E-state index is 13.8. The number of hydrogen-bond acceptors (Lipinski definition) is 2. The van der Waals surface area contributed by atoms with Crippen molar-refractivity contribution >= 4 is 5.69 Å². The van der Waals surface area contributed by atoms with Crippen LogP contribution in [0.1, 0.15) is 20.3 Å². The third-order valence-electron chi connectivity index (χ3n) is 3.30. The van der Waals surface area contributed by atoms with Crippen LogP contribution < -0.4 is 10.2 Å². The molecule has 1 fully saturated rings. The Kier molecular flexibility index (Phi) is 3.62. The SMILES string of the molecule is CCC1CNC(C)CN1c1cc(F)ccc1F. The lowest BCUT2D eigenvalue weighted by atomic mass is 10.1. The van der Waals surface area contributed by atoms with Gasteiger partial charge in [-0.3, -0.25) is 0 Å². The van der Waals surface area contributed by atoms with Gasteiger partial charge >= 0.3 is 0 Å². The fraction of sp³-hybridized carbons (Fsp3) is 0.538. The van der Waals surface area contributed by atoms with E-state index in [0.717, 1.165) is 19.0 Å². The normalized spacial score (nSPS) is 25.1. The summed E-state index contributed by atoms with van der Waals surface area (Å²) in [7, 11) is 0. The van der Waals surface area contributed by atoms with Gasteiger partial charge in [-0.25, -0.2) is 8.78 Å². The molecule has 0 radical (unpaired) electrons. The molecule has 2 rings (SSSR count). The Labute approximate surface area is 101 Å².